The molecule has 0 saturated carbocycles. The Balaban J connectivity index is 0.000000218. The fourth-order valence-electron chi connectivity index (χ4n) is 0.374. The smallest absolute Gasteiger partial charge is 0.125 e. The van der Waals surface area contributed by atoms with Gasteiger partial charge in [-0.3, -0.25) is 0 Å². The molecule has 0 amide bonds. The maximum Gasteiger partial charge on any atom is 0.125 e. The Bertz CT molecular complexity index is 212. The normalized spacial score (nSPS) is 11.2. The quantitative estimate of drug-likeness (QED) is 0.566. The minimum atomic E-state index is -2.86. The molecule has 62 valence electrons. The molecule has 0 spiro atoms. The zero-order valence-electron chi connectivity index (χ0n) is 5.80. The number of rotatable bonds is 0. The van der Waals surface area contributed by atoms with E-state index in [2.05, 4.69) is 9.97 Å². The molecule has 0 saturated heterocycles. The summed E-state index contributed by atoms with van der Waals surface area (Å²) >= 11 is -2.86. The summed E-state index contributed by atoms with van der Waals surface area (Å²) in [6.45, 7) is 1.86. The van der Waals surface area contributed by atoms with E-state index in [1.54, 1.807) is 18.5 Å². The van der Waals surface area contributed by atoms with E-state index in [-0.39, 0.29) is 0 Å². The molecule has 0 aliphatic heterocycles. The monoisotopic (exact) mass is 175 g/mol. The average molecular weight is 175 g/mol. The molecule has 11 heavy (non-hydrogen) atoms. The predicted molar refractivity (Wildman–Crippen MR) is 38.3 cm³/mol. The molecule has 1 aromatic heterocycles. The Kier molecular flexibility index (Phi) is 5.44. The fraction of sp³-hybridized carbons (Fsp3) is 0.200. The van der Waals surface area contributed by atoms with Crippen molar-refractivity contribution in [2.45, 2.75) is 6.92 Å². The zero-order valence-corrected chi connectivity index (χ0v) is 6.61. The molecule has 1 unspecified atom stereocenters. The van der Waals surface area contributed by atoms with Crippen LogP contribution in [0, 0.1) is 6.92 Å². The molecule has 0 fully saturated rings. The van der Waals surface area contributed by atoms with Gasteiger partial charge in [0.25, 0.3) is 0 Å². The van der Waals surface area contributed by atoms with Gasteiger partial charge in [-0.1, -0.05) is 0 Å². The second-order valence-electron chi connectivity index (χ2n) is 1.51. The van der Waals surface area contributed by atoms with Gasteiger partial charge in [0, 0.05) is 12.4 Å². The highest BCUT2D eigenvalue weighted by Gasteiger charge is 1.74. The Hall–Kier alpha value is -0.850. The van der Waals surface area contributed by atoms with E-state index < -0.39 is 11.4 Å². The standard InChI is InChI=1S/C5H6N2.H2O3S/c1-5-6-3-2-4-7-5;1-4(2)3/h2-4H,1H3;(H2,1,2,3)/p-1. The van der Waals surface area contributed by atoms with Crippen molar-refractivity contribution in [2.75, 3.05) is 0 Å². The van der Waals surface area contributed by atoms with Crippen LogP contribution in [0.4, 0.5) is 0 Å². The first-order valence-corrected chi connectivity index (χ1v) is 3.68. The predicted octanol–water partition coefficient (Wildman–Crippen LogP) is 0.124. The van der Waals surface area contributed by atoms with Gasteiger partial charge in [-0.05, 0) is 13.0 Å². The van der Waals surface area contributed by atoms with Crippen molar-refractivity contribution >= 4 is 11.4 Å². The van der Waals surface area contributed by atoms with Gasteiger partial charge in [0.15, 0.2) is 0 Å². The van der Waals surface area contributed by atoms with Crippen molar-refractivity contribution in [2.24, 2.45) is 0 Å². The summed E-state index contributed by atoms with van der Waals surface area (Å²) in [5, 5.41) is 0. The lowest BCUT2D eigenvalue weighted by Crippen LogP contribution is -1.80. The van der Waals surface area contributed by atoms with Crippen LogP contribution >= 0.6 is 0 Å². The third kappa shape index (κ3) is 9.15. The molecule has 1 aromatic rings. The molecule has 0 bridgehead atoms. The van der Waals surface area contributed by atoms with Crippen molar-refractivity contribution in [1.29, 1.82) is 0 Å². The van der Waals surface area contributed by atoms with E-state index in [9.17, 15) is 0 Å². The summed E-state index contributed by atoms with van der Waals surface area (Å²) in [6, 6.07) is 1.80. The number of nitrogens with zero attached hydrogens (tertiary/aromatic N) is 2. The van der Waals surface area contributed by atoms with Crippen LogP contribution in [-0.4, -0.2) is 23.3 Å². The van der Waals surface area contributed by atoms with Gasteiger partial charge in [0.1, 0.15) is 5.82 Å². The highest BCUT2D eigenvalue weighted by atomic mass is 32.2. The van der Waals surface area contributed by atoms with Crippen LogP contribution < -0.4 is 0 Å². The average Bonchev–Trinajstić information content (AvgIpc) is 1.87. The van der Waals surface area contributed by atoms with Crippen molar-refractivity contribution in [3.8, 4) is 0 Å². The van der Waals surface area contributed by atoms with Gasteiger partial charge in [-0.15, -0.1) is 0 Å². The topological polar surface area (TPSA) is 86.1 Å². The summed E-state index contributed by atoms with van der Waals surface area (Å²) in [7, 11) is 0. The largest absolute Gasteiger partial charge is 0.750 e. The van der Waals surface area contributed by atoms with Crippen LogP contribution in [0.5, 0.6) is 0 Å². The molecule has 1 N–H and O–H groups in total. The van der Waals surface area contributed by atoms with Crippen LogP contribution in [0.15, 0.2) is 18.5 Å². The lowest BCUT2D eigenvalue weighted by Gasteiger charge is -1.83. The molecule has 1 heterocycles. The summed E-state index contributed by atoms with van der Waals surface area (Å²) in [5.41, 5.74) is 0. The van der Waals surface area contributed by atoms with Crippen molar-refractivity contribution in [1.82, 2.24) is 9.97 Å². The van der Waals surface area contributed by atoms with Crippen molar-refractivity contribution in [3.05, 3.63) is 24.3 Å². The molecule has 0 aliphatic rings. The molecule has 0 aliphatic carbocycles. The Morgan fingerprint density at radius 1 is 1.55 bits per heavy atom. The summed E-state index contributed by atoms with van der Waals surface area (Å²) in [6.07, 6.45) is 3.45. The van der Waals surface area contributed by atoms with E-state index in [4.69, 9.17) is 13.3 Å². The van der Waals surface area contributed by atoms with Crippen molar-refractivity contribution < 1.29 is 13.3 Å². The summed E-state index contributed by atoms with van der Waals surface area (Å²) in [5.74, 6) is 0.822. The van der Waals surface area contributed by atoms with E-state index >= 15 is 0 Å². The maximum absolute atomic E-state index is 8.56. The zero-order chi connectivity index (χ0) is 8.69. The second-order valence-corrected chi connectivity index (χ2v) is 1.95. The van der Waals surface area contributed by atoms with Crippen LogP contribution in [0.2, 0.25) is 0 Å². The van der Waals surface area contributed by atoms with Crippen LogP contribution in [0.3, 0.4) is 0 Å². The Morgan fingerprint density at radius 3 is 2.09 bits per heavy atom. The number of aromatic nitrogens is 2. The molecule has 1 rings (SSSR count). The number of hydrogen-bond donors (Lipinski definition) is 1. The second kappa shape index (κ2) is 5.90. The van der Waals surface area contributed by atoms with Gasteiger partial charge < -0.3 is 9.11 Å². The first-order chi connectivity index (χ1) is 5.13. The molecule has 6 heteroatoms. The lowest BCUT2D eigenvalue weighted by molar-refractivity contribution is 0.436. The first kappa shape index (κ1) is 10.2. The molecule has 0 radical (unpaired) electrons. The van der Waals surface area contributed by atoms with Crippen LogP contribution in [0.1, 0.15) is 5.82 Å². The number of hydrogen-bond acceptors (Lipinski definition) is 4. The minimum absolute atomic E-state index is 0.822. The third-order valence-corrected chi connectivity index (χ3v) is 0.695. The van der Waals surface area contributed by atoms with Gasteiger partial charge in [-0.2, -0.15) is 0 Å². The summed E-state index contributed by atoms with van der Waals surface area (Å²) < 4.78 is 24.1. The first-order valence-electron chi connectivity index (χ1n) is 2.65. The Morgan fingerprint density at radius 2 is 1.91 bits per heavy atom. The van der Waals surface area contributed by atoms with E-state index in [0.717, 1.165) is 5.82 Å². The molecular weight excluding hydrogens is 168 g/mol. The van der Waals surface area contributed by atoms with E-state index in [1.165, 1.54) is 0 Å². The highest BCUT2D eigenvalue weighted by molar-refractivity contribution is 7.73. The highest BCUT2D eigenvalue weighted by Crippen LogP contribution is 1.78. The van der Waals surface area contributed by atoms with E-state index in [0.29, 0.717) is 0 Å². The molecule has 5 nitrogen and oxygen atoms in total. The SMILES string of the molecule is Cc1ncccn1.O=S([O-])O. The molecule has 0 aromatic carbocycles. The third-order valence-electron chi connectivity index (χ3n) is 0.695. The lowest BCUT2D eigenvalue weighted by atomic mass is 10.6. The van der Waals surface area contributed by atoms with Gasteiger partial charge in [-0.25, -0.2) is 14.2 Å². The Labute approximate surface area is 66.6 Å². The van der Waals surface area contributed by atoms with Gasteiger partial charge in [0.05, 0.1) is 11.4 Å². The van der Waals surface area contributed by atoms with Crippen LogP contribution in [0.25, 0.3) is 0 Å². The maximum atomic E-state index is 8.56. The van der Waals surface area contributed by atoms with Crippen molar-refractivity contribution in [3.63, 3.8) is 0 Å². The van der Waals surface area contributed by atoms with Gasteiger partial charge in [0.2, 0.25) is 0 Å². The van der Waals surface area contributed by atoms with Crippen LogP contribution in [-0.2, 0) is 11.4 Å². The minimum Gasteiger partial charge on any atom is -0.750 e. The summed E-state index contributed by atoms with van der Waals surface area (Å²) in [4.78, 5) is 7.74. The van der Waals surface area contributed by atoms with Gasteiger partial charge >= 0.3 is 0 Å². The molecule has 1 atom stereocenters. The fourth-order valence-corrected chi connectivity index (χ4v) is 0.374. The number of aryl methyl sites for hydroxylation is 1. The molecular formula is C5H7N2O3S-. The van der Waals surface area contributed by atoms with E-state index in [1.807, 2.05) is 6.92 Å².